The fraction of sp³-hybridized carbons (Fsp3) is 0.308. The second-order valence-corrected chi connectivity index (χ2v) is 3.37. The largest absolute Gasteiger partial charge is 0.463 e. The first-order valence-electron chi connectivity index (χ1n) is 5.91. The van der Waals surface area contributed by atoms with Crippen molar-refractivity contribution >= 4 is 17.8 Å². The van der Waals surface area contributed by atoms with Gasteiger partial charge < -0.3 is 14.8 Å². The average Bonchev–Trinajstić information content (AvgIpc) is 2.40. The van der Waals surface area contributed by atoms with Crippen molar-refractivity contribution < 1.29 is 19.1 Å². The van der Waals surface area contributed by atoms with Gasteiger partial charge in [0.1, 0.15) is 11.5 Å². The Morgan fingerprint density at radius 3 is 2.58 bits per heavy atom. The van der Waals surface area contributed by atoms with Gasteiger partial charge in [0.15, 0.2) is 0 Å². The molecule has 1 rings (SSSR count). The first-order chi connectivity index (χ1) is 9.17. The summed E-state index contributed by atoms with van der Waals surface area (Å²) in [6, 6.07) is 5.16. The van der Waals surface area contributed by atoms with E-state index in [4.69, 9.17) is 9.47 Å². The lowest BCUT2D eigenvalue weighted by Gasteiger charge is -2.09. The maximum atomic E-state index is 11.7. The highest BCUT2D eigenvalue weighted by Crippen LogP contribution is 2.07. The van der Waals surface area contributed by atoms with E-state index in [9.17, 15) is 9.59 Å². The van der Waals surface area contributed by atoms with E-state index in [0.29, 0.717) is 5.82 Å². The molecule has 0 spiro atoms. The lowest BCUT2D eigenvalue weighted by molar-refractivity contribution is -0.140. The van der Waals surface area contributed by atoms with E-state index in [1.807, 2.05) is 0 Å². The third-order valence-electron chi connectivity index (χ3n) is 1.97. The molecule has 1 N–H and O–H groups in total. The molecule has 0 aliphatic carbocycles. The first kappa shape index (κ1) is 14.7. The number of rotatable bonds is 6. The van der Waals surface area contributed by atoms with Crippen molar-refractivity contribution in [3.63, 3.8) is 0 Å². The van der Waals surface area contributed by atoms with Crippen molar-refractivity contribution in [2.75, 3.05) is 18.5 Å². The molecule has 0 amide bonds. The standard InChI is InChI=1S/C13H16N2O4/c1-3-18-12(16)9-10(13(17)19-4-2)15-11-7-5-6-8-14-11/h5-9H,3-4H2,1-2H3,(H,14,15)/b10-9+. The van der Waals surface area contributed by atoms with E-state index in [-0.39, 0.29) is 18.9 Å². The molecule has 0 aliphatic heterocycles. The molecule has 1 aromatic rings. The molecule has 0 unspecified atom stereocenters. The highest BCUT2D eigenvalue weighted by molar-refractivity contribution is 5.98. The summed E-state index contributed by atoms with van der Waals surface area (Å²) in [7, 11) is 0. The fourth-order valence-electron chi connectivity index (χ4n) is 1.23. The van der Waals surface area contributed by atoms with Crippen molar-refractivity contribution in [3.8, 4) is 0 Å². The van der Waals surface area contributed by atoms with E-state index in [1.165, 1.54) is 0 Å². The number of aromatic nitrogens is 1. The van der Waals surface area contributed by atoms with Crippen LogP contribution in [0.4, 0.5) is 5.82 Å². The molecule has 0 atom stereocenters. The van der Waals surface area contributed by atoms with Gasteiger partial charge in [0, 0.05) is 6.20 Å². The summed E-state index contributed by atoms with van der Waals surface area (Å²) in [6.45, 7) is 3.81. The van der Waals surface area contributed by atoms with Gasteiger partial charge in [0.25, 0.3) is 0 Å². The molecule has 0 saturated heterocycles. The van der Waals surface area contributed by atoms with Gasteiger partial charge >= 0.3 is 11.9 Å². The SMILES string of the molecule is CCOC(=O)/C=C(/Nc1ccccn1)C(=O)OCC. The van der Waals surface area contributed by atoms with Crippen molar-refractivity contribution in [3.05, 3.63) is 36.2 Å². The third kappa shape index (κ3) is 5.20. The summed E-state index contributed by atoms with van der Waals surface area (Å²) in [5, 5.41) is 2.73. The van der Waals surface area contributed by atoms with Crippen LogP contribution >= 0.6 is 0 Å². The van der Waals surface area contributed by atoms with Crippen LogP contribution in [0.5, 0.6) is 0 Å². The number of nitrogens with one attached hydrogen (secondary N) is 1. The lowest BCUT2D eigenvalue weighted by atomic mass is 10.3. The highest BCUT2D eigenvalue weighted by Gasteiger charge is 2.14. The predicted octanol–water partition coefficient (Wildman–Crippen LogP) is 1.50. The summed E-state index contributed by atoms with van der Waals surface area (Å²) < 4.78 is 9.60. The zero-order chi connectivity index (χ0) is 14.1. The second kappa shape index (κ2) is 7.86. The molecule has 1 heterocycles. The van der Waals surface area contributed by atoms with Crippen LogP contribution < -0.4 is 5.32 Å². The zero-order valence-corrected chi connectivity index (χ0v) is 10.9. The topological polar surface area (TPSA) is 77.5 Å². The van der Waals surface area contributed by atoms with Gasteiger partial charge in [-0.3, -0.25) is 0 Å². The zero-order valence-electron chi connectivity index (χ0n) is 10.9. The monoisotopic (exact) mass is 264 g/mol. The second-order valence-electron chi connectivity index (χ2n) is 3.37. The molecule has 0 saturated carbocycles. The fourth-order valence-corrected chi connectivity index (χ4v) is 1.23. The van der Waals surface area contributed by atoms with E-state index < -0.39 is 11.9 Å². The van der Waals surface area contributed by atoms with E-state index in [0.717, 1.165) is 6.08 Å². The minimum atomic E-state index is -0.638. The Labute approximate surface area is 111 Å². The molecular formula is C13H16N2O4. The van der Waals surface area contributed by atoms with Gasteiger partial charge in [-0.15, -0.1) is 0 Å². The van der Waals surface area contributed by atoms with Crippen LogP contribution in [0.1, 0.15) is 13.8 Å². The molecule has 0 aliphatic rings. The number of hydrogen-bond acceptors (Lipinski definition) is 6. The van der Waals surface area contributed by atoms with Gasteiger partial charge in [0.2, 0.25) is 0 Å². The molecule has 6 heteroatoms. The van der Waals surface area contributed by atoms with Crippen LogP contribution in [0.3, 0.4) is 0 Å². The Balaban J connectivity index is 2.86. The van der Waals surface area contributed by atoms with E-state index >= 15 is 0 Å². The summed E-state index contributed by atoms with van der Waals surface area (Å²) in [5.41, 5.74) is -0.0148. The van der Waals surface area contributed by atoms with Crippen LogP contribution in [-0.2, 0) is 19.1 Å². The quantitative estimate of drug-likeness (QED) is 0.619. The van der Waals surface area contributed by atoms with Gasteiger partial charge in [-0.1, -0.05) is 6.07 Å². The number of ether oxygens (including phenoxy) is 2. The van der Waals surface area contributed by atoms with Crippen LogP contribution in [-0.4, -0.2) is 30.1 Å². The minimum Gasteiger partial charge on any atom is -0.463 e. The predicted molar refractivity (Wildman–Crippen MR) is 69.2 cm³/mol. The Hall–Kier alpha value is -2.37. The molecule has 6 nitrogen and oxygen atoms in total. The summed E-state index contributed by atoms with van der Waals surface area (Å²) in [5.74, 6) is -0.818. The van der Waals surface area contributed by atoms with Crippen molar-refractivity contribution in [1.82, 2.24) is 4.98 Å². The number of esters is 2. The van der Waals surface area contributed by atoms with Crippen LogP contribution in [0.2, 0.25) is 0 Å². The Morgan fingerprint density at radius 1 is 1.26 bits per heavy atom. The Kier molecular flexibility index (Phi) is 6.08. The highest BCUT2D eigenvalue weighted by atomic mass is 16.5. The molecular weight excluding hydrogens is 248 g/mol. The normalized spacial score (nSPS) is 10.7. The summed E-state index contributed by atoms with van der Waals surface area (Å²) in [6.07, 6.45) is 2.62. The number of nitrogens with zero attached hydrogens (tertiary/aromatic N) is 1. The Morgan fingerprint density at radius 2 is 2.00 bits per heavy atom. The molecule has 0 bridgehead atoms. The summed E-state index contributed by atoms with van der Waals surface area (Å²) >= 11 is 0. The third-order valence-corrected chi connectivity index (χ3v) is 1.97. The van der Waals surface area contributed by atoms with E-state index in [2.05, 4.69) is 10.3 Å². The van der Waals surface area contributed by atoms with Crippen LogP contribution in [0.25, 0.3) is 0 Å². The van der Waals surface area contributed by atoms with Crippen molar-refractivity contribution in [1.29, 1.82) is 0 Å². The molecule has 19 heavy (non-hydrogen) atoms. The van der Waals surface area contributed by atoms with Gasteiger partial charge in [-0.05, 0) is 26.0 Å². The van der Waals surface area contributed by atoms with Gasteiger partial charge in [-0.25, -0.2) is 14.6 Å². The number of hydrogen-bond donors (Lipinski definition) is 1. The Bertz CT molecular complexity index is 457. The molecule has 1 aromatic heterocycles. The number of carbonyl (C=O) groups is 2. The van der Waals surface area contributed by atoms with Gasteiger partial charge in [-0.2, -0.15) is 0 Å². The average molecular weight is 264 g/mol. The maximum Gasteiger partial charge on any atom is 0.355 e. The smallest absolute Gasteiger partial charge is 0.355 e. The molecule has 0 aromatic carbocycles. The van der Waals surface area contributed by atoms with Crippen LogP contribution in [0.15, 0.2) is 36.2 Å². The van der Waals surface area contributed by atoms with Crippen LogP contribution in [0, 0.1) is 0 Å². The van der Waals surface area contributed by atoms with E-state index in [1.54, 1.807) is 38.2 Å². The molecule has 102 valence electrons. The minimum absolute atomic E-state index is 0.0148. The van der Waals surface area contributed by atoms with Gasteiger partial charge in [0.05, 0.1) is 19.3 Å². The molecule has 0 radical (unpaired) electrons. The number of pyridine rings is 1. The van der Waals surface area contributed by atoms with Crippen molar-refractivity contribution in [2.45, 2.75) is 13.8 Å². The maximum absolute atomic E-state index is 11.7. The van der Waals surface area contributed by atoms with Crippen molar-refractivity contribution in [2.24, 2.45) is 0 Å². The summed E-state index contributed by atoms with van der Waals surface area (Å²) in [4.78, 5) is 27.1. The first-order valence-corrected chi connectivity index (χ1v) is 5.91. The number of carbonyl (C=O) groups excluding carboxylic acids is 2. The number of anilines is 1. The molecule has 0 fully saturated rings. The lowest BCUT2D eigenvalue weighted by Crippen LogP contribution is -2.17.